The number of anilines is 1. The first-order chi connectivity index (χ1) is 11.6. The van der Waals surface area contributed by atoms with E-state index in [4.69, 9.17) is 0 Å². The summed E-state index contributed by atoms with van der Waals surface area (Å²) in [6.07, 6.45) is 5.56. The largest absolute Gasteiger partial charge is 0.342 e. The fourth-order valence-corrected chi connectivity index (χ4v) is 3.48. The fourth-order valence-electron chi connectivity index (χ4n) is 3.48. The quantitative estimate of drug-likeness (QED) is 0.906. The first-order valence-corrected chi connectivity index (χ1v) is 8.89. The Morgan fingerprint density at radius 1 is 1.12 bits per heavy atom. The number of piperidine rings is 2. The first kappa shape index (κ1) is 16.7. The average molecular weight is 330 g/mol. The van der Waals surface area contributed by atoms with E-state index in [1.165, 1.54) is 0 Å². The molecule has 0 bridgehead atoms. The van der Waals surface area contributed by atoms with Gasteiger partial charge in [0.25, 0.3) is 0 Å². The van der Waals surface area contributed by atoms with E-state index >= 15 is 0 Å². The Morgan fingerprint density at radius 2 is 1.92 bits per heavy atom. The Bertz CT molecular complexity index is 570. The van der Waals surface area contributed by atoms with Crippen LogP contribution in [0.4, 0.5) is 10.6 Å². The number of rotatable bonds is 2. The van der Waals surface area contributed by atoms with Crippen LogP contribution in [-0.2, 0) is 4.79 Å². The van der Waals surface area contributed by atoms with Crippen molar-refractivity contribution in [3.63, 3.8) is 0 Å². The Labute approximate surface area is 143 Å². The number of amides is 3. The number of carbonyl (C=O) groups excluding carboxylic acids is 2. The van der Waals surface area contributed by atoms with Crippen LogP contribution < -0.4 is 5.32 Å². The highest BCUT2D eigenvalue weighted by Crippen LogP contribution is 2.23. The number of aromatic nitrogens is 1. The lowest BCUT2D eigenvalue weighted by Gasteiger charge is -2.37. The Hall–Kier alpha value is -2.11. The third-order valence-corrected chi connectivity index (χ3v) is 5.05. The number of pyridine rings is 1. The smallest absolute Gasteiger partial charge is 0.323 e. The molecule has 130 valence electrons. The highest BCUT2D eigenvalue weighted by atomic mass is 16.2. The maximum absolute atomic E-state index is 12.7. The van der Waals surface area contributed by atoms with Crippen molar-refractivity contribution in [3.8, 4) is 0 Å². The van der Waals surface area contributed by atoms with E-state index in [-0.39, 0.29) is 17.9 Å². The minimum absolute atomic E-state index is 0.0679. The molecule has 1 aromatic rings. The predicted octanol–water partition coefficient (Wildman–Crippen LogP) is 2.58. The molecule has 1 N–H and O–H groups in total. The normalized spacial score (nSPS) is 22.3. The SMILES string of the molecule is CC1CCN(C(=O)[C@H]2CCCN(C(=O)Nc3ccccn3)C2)CC1. The van der Waals surface area contributed by atoms with E-state index in [1.54, 1.807) is 17.2 Å². The molecule has 0 radical (unpaired) electrons. The van der Waals surface area contributed by atoms with Crippen LogP contribution in [0.3, 0.4) is 0 Å². The monoisotopic (exact) mass is 330 g/mol. The molecule has 3 amide bonds. The second-order valence-electron chi connectivity index (χ2n) is 6.94. The van der Waals surface area contributed by atoms with Crippen molar-refractivity contribution in [1.29, 1.82) is 0 Å². The summed E-state index contributed by atoms with van der Waals surface area (Å²) < 4.78 is 0. The van der Waals surface area contributed by atoms with Gasteiger partial charge in [0.1, 0.15) is 5.82 Å². The molecule has 24 heavy (non-hydrogen) atoms. The molecule has 1 aromatic heterocycles. The van der Waals surface area contributed by atoms with Gasteiger partial charge in [-0.3, -0.25) is 10.1 Å². The molecule has 2 aliphatic heterocycles. The Morgan fingerprint density at radius 3 is 2.62 bits per heavy atom. The number of carbonyl (C=O) groups is 2. The summed E-state index contributed by atoms with van der Waals surface area (Å²) in [5, 5.41) is 2.81. The van der Waals surface area contributed by atoms with Crippen molar-refractivity contribution in [3.05, 3.63) is 24.4 Å². The molecule has 3 rings (SSSR count). The molecule has 6 heteroatoms. The molecule has 1 atom stereocenters. The number of hydrogen-bond donors (Lipinski definition) is 1. The summed E-state index contributed by atoms with van der Waals surface area (Å²) in [6.45, 7) is 5.16. The summed E-state index contributed by atoms with van der Waals surface area (Å²) in [7, 11) is 0. The molecule has 0 aromatic carbocycles. The fraction of sp³-hybridized carbons (Fsp3) is 0.611. The average Bonchev–Trinajstić information content (AvgIpc) is 2.63. The van der Waals surface area contributed by atoms with Gasteiger partial charge in [-0.15, -0.1) is 0 Å². The van der Waals surface area contributed by atoms with E-state index in [2.05, 4.69) is 17.2 Å². The highest BCUT2D eigenvalue weighted by molar-refractivity contribution is 5.89. The van der Waals surface area contributed by atoms with E-state index in [0.717, 1.165) is 38.8 Å². The number of likely N-dealkylation sites (tertiary alicyclic amines) is 2. The van der Waals surface area contributed by atoms with E-state index in [0.29, 0.717) is 24.8 Å². The zero-order valence-corrected chi connectivity index (χ0v) is 14.3. The number of urea groups is 1. The second kappa shape index (κ2) is 7.64. The Kier molecular flexibility index (Phi) is 5.33. The van der Waals surface area contributed by atoms with Crippen molar-refractivity contribution in [2.24, 2.45) is 11.8 Å². The summed E-state index contributed by atoms with van der Waals surface area (Å²) in [5.74, 6) is 1.40. The second-order valence-corrected chi connectivity index (χ2v) is 6.94. The number of nitrogens with zero attached hydrogens (tertiary/aromatic N) is 3. The van der Waals surface area contributed by atoms with Crippen LogP contribution in [0.25, 0.3) is 0 Å². The number of nitrogens with one attached hydrogen (secondary N) is 1. The topological polar surface area (TPSA) is 65.5 Å². The van der Waals surface area contributed by atoms with Gasteiger partial charge in [-0.2, -0.15) is 0 Å². The summed E-state index contributed by atoms with van der Waals surface area (Å²) in [5.41, 5.74) is 0. The standard InChI is InChI=1S/C18H26N4O2/c1-14-7-11-21(12-8-14)17(23)15-5-4-10-22(13-15)18(24)20-16-6-2-3-9-19-16/h2-3,6,9,14-15H,4-5,7-8,10-13H2,1H3,(H,19,20,24)/t15-/m0/s1. The van der Waals surface area contributed by atoms with Crippen LogP contribution in [-0.4, -0.2) is 52.9 Å². The van der Waals surface area contributed by atoms with Gasteiger partial charge in [0.05, 0.1) is 5.92 Å². The maximum Gasteiger partial charge on any atom is 0.323 e. The molecular weight excluding hydrogens is 304 g/mol. The molecule has 0 spiro atoms. The third kappa shape index (κ3) is 4.04. The van der Waals surface area contributed by atoms with Crippen molar-refractivity contribution in [2.75, 3.05) is 31.5 Å². The van der Waals surface area contributed by atoms with Gasteiger partial charge < -0.3 is 9.80 Å². The Balaban J connectivity index is 1.55. The van der Waals surface area contributed by atoms with Crippen LogP contribution in [0.1, 0.15) is 32.6 Å². The molecular formula is C18H26N4O2. The lowest BCUT2D eigenvalue weighted by atomic mass is 9.93. The van der Waals surface area contributed by atoms with Gasteiger partial charge in [-0.25, -0.2) is 9.78 Å². The van der Waals surface area contributed by atoms with Crippen molar-refractivity contribution in [2.45, 2.75) is 32.6 Å². The van der Waals surface area contributed by atoms with Crippen LogP contribution in [0.5, 0.6) is 0 Å². The third-order valence-electron chi connectivity index (χ3n) is 5.05. The molecule has 0 unspecified atom stereocenters. The first-order valence-electron chi connectivity index (χ1n) is 8.89. The molecule has 2 saturated heterocycles. The molecule has 0 saturated carbocycles. The van der Waals surface area contributed by atoms with E-state index < -0.39 is 0 Å². The van der Waals surface area contributed by atoms with Crippen LogP contribution >= 0.6 is 0 Å². The van der Waals surface area contributed by atoms with Gasteiger partial charge in [0, 0.05) is 32.4 Å². The lowest BCUT2D eigenvalue weighted by Crippen LogP contribution is -2.49. The van der Waals surface area contributed by atoms with Crippen molar-refractivity contribution in [1.82, 2.24) is 14.8 Å². The highest BCUT2D eigenvalue weighted by Gasteiger charge is 2.32. The van der Waals surface area contributed by atoms with Crippen LogP contribution in [0.2, 0.25) is 0 Å². The van der Waals surface area contributed by atoms with E-state index in [9.17, 15) is 9.59 Å². The minimum atomic E-state index is -0.168. The summed E-state index contributed by atoms with van der Waals surface area (Å²) in [4.78, 5) is 33.0. The predicted molar refractivity (Wildman–Crippen MR) is 92.5 cm³/mol. The minimum Gasteiger partial charge on any atom is -0.342 e. The summed E-state index contributed by atoms with van der Waals surface area (Å²) >= 11 is 0. The van der Waals surface area contributed by atoms with Gasteiger partial charge in [-0.05, 0) is 43.7 Å². The zero-order valence-electron chi connectivity index (χ0n) is 14.3. The van der Waals surface area contributed by atoms with Crippen LogP contribution in [0.15, 0.2) is 24.4 Å². The van der Waals surface area contributed by atoms with Gasteiger partial charge >= 0.3 is 6.03 Å². The van der Waals surface area contributed by atoms with Gasteiger partial charge in [0.15, 0.2) is 0 Å². The zero-order chi connectivity index (χ0) is 16.9. The molecule has 2 aliphatic rings. The maximum atomic E-state index is 12.7. The molecule has 3 heterocycles. The van der Waals surface area contributed by atoms with Gasteiger partial charge in [-0.1, -0.05) is 13.0 Å². The lowest BCUT2D eigenvalue weighted by molar-refractivity contribution is -0.138. The summed E-state index contributed by atoms with van der Waals surface area (Å²) in [6, 6.07) is 5.24. The van der Waals surface area contributed by atoms with Gasteiger partial charge in [0.2, 0.25) is 5.91 Å². The molecule has 2 fully saturated rings. The molecule has 0 aliphatic carbocycles. The molecule has 6 nitrogen and oxygen atoms in total. The van der Waals surface area contributed by atoms with Crippen molar-refractivity contribution >= 4 is 17.8 Å². The van der Waals surface area contributed by atoms with Crippen molar-refractivity contribution < 1.29 is 9.59 Å². The van der Waals surface area contributed by atoms with E-state index in [1.807, 2.05) is 17.0 Å². The number of hydrogen-bond acceptors (Lipinski definition) is 3. The van der Waals surface area contributed by atoms with Crippen LogP contribution in [0, 0.1) is 11.8 Å².